The highest BCUT2D eigenvalue weighted by molar-refractivity contribution is 6.16. The van der Waals surface area contributed by atoms with Crippen LogP contribution in [0.15, 0.2) is 24.3 Å². The molecule has 17 heavy (non-hydrogen) atoms. The highest BCUT2D eigenvalue weighted by Crippen LogP contribution is 2.19. The summed E-state index contributed by atoms with van der Waals surface area (Å²) >= 11 is 5.82. The zero-order valence-electron chi connectivity index (χ0n) is 9.17. The molecule has 0 radical (unpaired) electrons. The molecule has 0 fully saturated rings. The minimum atomic E-state index is 0.190. The third kappa shape index (κ3) is 2.40. The molecule has 5 nitrogen and oxygen atoms in total. The lowest BCUT2D eigenvalue weighted by molar-refractivity contribution is 0.475. The Bertz CT molecular complexity index is 512. The van der Waals surface area contributed by atoms with Crippen molar-refractivity contribution in [1.82, 2.24) is 14.8 Å². The van der Waals surface area contributed by atoms with Crippen LogP contribution in [0, 0.1) is 0 Å². The fraction of sp³-hybridized carbons (Fsp3) is 0.273. The average molecular weight is 253 g/mol. The van der Waals surface area contributed by atoms with Crippen LogP contribution in [-0.2, 0) is 12.3 Å². The molecule has 6 heteroatoms. The van der Waals surface area contributed by atoms with Gasteiger partial charge in [0.05, 0.1) is 11.6 Å². The van der Waals surface area contributed by atoms with Crippen molar-refractivity contribution < 1.29 is 5.11 Å². The number of alkyl halides is 1. The van der Waals surface area contributed by atoms with Gasteiger partial charge in [-0.15, -0.1) is 21.8 Å². The average Bonchev–Trinajstić information content (AvgIpc) is 2.72. The van der Waals surface area contributed by atoms with Crippen molar-refractivity contribution in [3.8, 4) is 11.4 Å². The van der Waals surface area contributed by atoms with Crippen LogP contribution in [0.2, 0.25) is 0 Å². The molecule has 0 saturated heterocycles. The lowest BCUT2D eigenvalue weighted by Crippen LogP contribution is -2.10. The standard InChI is InChI=1S/C11H13ClN4O/c12-7-11-15-14-10(4-5-13)16(11)8-2-1-3-9(17)6-8/h1-3,6,17H,4-5,7,13H2. The van der Waals surface area contributed by atoms with Gasteiger partial charge in [0.15, 0.2) is 5.82 Å². The molecule has 0 aliphatic carbocycles. The second-order valence-electron chi connectivity index (χ2n) is 3.56. The van der Waals surface area contributed by atoms with E-state index >= 15 is 0 Å². The van der Waals surface area contributed by atoms with Crippen molar-refractivity contribution >= 4 is 11.6 Å². The number of benzene rings is 1. The molecule has 0 unspecified atom stereocenters. The molecule has 2 aromatic rings. The summed E-state index contributed by atoms with van der Waals surface area (Å²) in [6, 6.07) is 6.87. The number of hydrogen-bond donors (Lipinski definition) is 2. The van der Waals surface area contributed by atoms with Gasteiger partial charge in [0.1, 0.15) is 11.6 Å². The summed E-state index contributed by atoms with van der Waals surface area (Å²) in [6.07, 6.45) is 0.611. The maximum absolute atomic E-state index is 9.48. The monoisotopic (exact) mass is 252 g/mol. The van der Waals surface area contributed by atoms with Gasteiger partial charge in [-0.1, -0.05) is 6.07 Å². The number of nitrogens with zero attached hydrogens (tertiary/aromatic N) is 3. The Kier molecular flexibility index (Phi) is 3.61. The molecule has 0 saturated carbocycles. The molecule has 3 N–H and O–H groups in total. The largest absolute Gasteiger partial charge is 0.508 e. The van der Waals surface area contributed by atoms with Crippen LogP contribution in [-0.4, -0.2) is 26.4 Å². The molecule has 90 valence electrons. The summed E-state index contributed by atoms with van der Waals surface area (Å²) in [4.78, 5) is 0. The number of hydrogen-bond acceptors (Lipinski definition) is 4. The van der Waals surface area contributed by atoms with Gasteiger partial charge in [0.2, 0.25) is 0 Å². The van der Waals surface area contributed by atoms with Crippen molar-refractivity contribution in [1.29, 1.82) is 0 Å². The smallest absolute Gasteiger partial charge is 0.152 e. The number of aromatic nitrogens is 3. The topological polar surface area (TPSA) is 77.0 Å². The second kappa shape index (κ2) is 5.16. The molecule has 0 aliphatic rings. The Balaban J connectivity index is 2.51. The van der Waals surface area contributed by atoms with Crippen molar-refractivity contribution in [2.45, 2.75) is 12.3 Å². The quantitative estimate of drug-likeness (QED) is 0.802. The summed E-state index contributed by atoms with van der Waals surface area (Å²) < 4.78 is 1.82. The number of halogens is 1. The Morgan fingerprint density at radius 3 is 2.71 bits per heavy atom. The molecule has 0 aliphatic heterocycles. The van der Waals surface area contributed by atoms with E-state index in [1.807, 2.05) is 10.6 Å². The number of nitrogens with two attached hydrogens (primary N) is 1. The molecular weight excluding hydrogens is 240 g/mol. The molecule has 1 heterocycles. The van der Waals surface area contributed by atoms with E-state index < -0.39 is 0 Å². The Morgan fingerprint density at radius 2 is 2.06 bits per heavy atom. The number of phenols is 1. The molecule has 0 amide bonds. The summed E-state index contributed by atoms with van der Waals surface area (Å²) in [5.41, 5.74) is 6.31. The van der Waals surface area contributed by atoms with E-state index in [0.29, 0.717) is 18.8 Å². The van der Waals surface area contributed by atoms with Crippen LogP contribution in [0.25, 0.3) is 5.69 Å². The van der Waals surface area contributed by atoms with Crippen molar-refractivity contribution in [3.05, 3.63) is 35.9 Å². The predicted molar refractivity (Wildman–Crippen MR) is 65.3 cm³/mol. The Morgan fingerprint density at radius 1 is 1.29 bits per heavy atom. The van der Waals surface area contributed by atoms with E-state index in [9.17, 15) is 5.11 Å². The minimum absolute atomic E-state index is 0.190. The summed E-state index contributed by atoms with van der Waals surface area (Å²) in [5, 5.41) is 17.5. The van der Waals surface area contributed by atoms with E-state index in [1.54, 1.807) is 18.2 Å². The Hall–Kier alpha value is -1.59. The first-order chi connectivity index (χ1) is 8.26. The first kappa shape index (κ1) is 11.9. The zero-order valence-corrected chi connectivity index (χ0v) is 9.93. The van der Waals surface area contributed by atoms with Crippen LogP contribution >= 0.6 is 11.6 Å². The van der Waals surface area contributed by atoms with E-state index in [-0.39, 0.29) is 11.6 Å². The molecular formula is C11H13ClN4O. The third-order valence-corrected chi connectivity index (χ3v) is 2.61. The van der Waals surface area contributed by atoms with Crippen molar-refractivity contribution in [2.75, 3.05) is 6.54 Å². The second-order valence-corrected chi connectivity index (χ2v) is 3.83. The molecule has 0 spiro atoms. The first-order valence-electron chi connectivity index (χ1n) is 5.25. The van der Waals surface area contributed by atoms with Crippen LogP contribution in [0.5, 0.6) is 5.75 Å². The third-order valence-electron chi connectivity index (χ3n) is 2.37. The van der Waals surface area contributed by atoms with Crippen molar-refractivity contribution in [2.24, 2.45) is 5.73 Å². The number of rotatable bonds is 4. The molecule has 0 bridgehead atoms. The minimum Gasteiger partial charge on any atom is -0.508 e. The van der Waals surface area contributed by atoms with E-state index in [1.165, 1.54) is 0 Å². The zero-order chi connectivity index (χ0) is 12.3. The van der Waals surface area contributed by atoms with E-state index in [4.69, 9.17) is 17.3 Å². The molecule has 2 rings (SSSR count). The van der Waals surface area contributed by atoms with Gasteiger partial charge in [-0.2, -0.15) is 0 Å². The van der Waals surface area contributed by atoms with Gasteiger partial charge in [-0.3, -0.25) is 4.57 Å². The Labute approximate surface area is 104 Å². The number of aromatic hydroxyl groups is 1. The maximum Gasteiger partial charge on any atom is 0.152 e. The first-order valence-corrected chi connectivity index (χ1v) is 5.78. The van der Waals surface area contributed by atoms with Gasteiger partial charge >= 0.3 is 0 Å². The fourth-order valence-corrected chi connectivity index (χ4v) is 1.83. The SMILES string of the molecule is NCCc1nnc(CCl)n1-c1cccc(O)c1. The van der Waals surface area contributed by atoms with Gasteiger partial charge in [0, 0.05) is 12.5 Å². The van der Waals surface area contributed by atoms with Crippen molar-refractivity contribution in [3.63, 3.8) is 0 Å². The normalized spacial score (nSPS) is 10.7. The van der Waals surface area contributed by atoms with Gasteiger partial charge in [-0.25, -0.2) is 0 Å². The van der Waals surface area contributed by atoms with Crippen LogP contribution in [0.1, 0.15) is 11.6 Å². The maximum atomic E-state index is 9.48. The van der Waals surface area contributed by atoms with Crippen LogP contribution in [0.3, 0.4) is 0 Å². The van der Waals surface area contributed by atoms with E-state index in [2.05, 4.69) is 10.2 Å². The van der Waals surface area contributed by atoms with Gasteiger partial charge in [-0.05, 0) is 18.7 Å². The van der Waals surface area contributed by atoms with E-state index in [0.717, 1.165) is 11.5 Å². The lowest BCUT2D eigenvalue weighted by atomic mass is 10.3. The van der Waals surface area contributed by atoms with Crippen LogP contribution < -0.4 is 5.73 Å². The number of phenolic OH excluding ortho intramolecular Hbond substituents is 1. The van der Waals surface area contributed by atoms with Gasteiger partial charge in [0.25, 0.3) is 0 Å². The highest BCUT2D eigenvalue weighted by atomic mass is 35.5. The predicted octanol–water partition coefficient (Wildman–Crippen LogP) is 1.21. The fourth-order valence-electron chi connectivity index (χ4n) is 1.66. The molecule has 1 aromatic carbocycles. The molecule has 1 aromatic heterocycles. The highest BCUT2D eigenvalue weighted by Gasteiger charge is 2.12. The summed E-state index contributed by atoms with van der Waals surface area (Å²) in [7, 11) is 0. The molecule has 0 atom stereocenters. The van der Waals surface area contributed by atoms with Gasteiger partial charge < -0.3 is 10.8 Å². The summed E-state index contributed by atoms with van der Waals surface area (Å²) in [5.74, 6) is 1.83. The summed E-state index contributed by atoms with van der Waals surface area (Å²) in [6.45, 7) is 0.485. The lowest BCUT2D eigenvalue weighted by Gasteiger charge is -2.08. The van der Waals surface area contributed by atoms with Crippen LogP contribution in [0.4, 0.5) is 0 Å².